The van der Waals surface area contributed by atoms with Crippen molar-refractivity contribution in [2.45, 2.75) is 72.6 Å². The summed E-state index contributed by atoms with van der Waals surface area (Å²) in [6.45, 7) is 19.1. The van der Waals surface area contributed by atoms with E-state index in [1.165, 1.54) is 51.0 Å². The topological polar surface area (TPSA) is 17.1 Å². The average molecular weight is 331 g/mol. The Kier molecular flexibility index (Phi) is 7.70. The van der Waals surface area contributed by atoms with E-state index in [1.807, 2.05) is 5.57 Å². The molecule has 2 fully saturated rings. The Balaban J connectivity index is 0.000000423. The van der Waals surface area contributed by atoms with Crippen LogP contribution in [-0.4, -0.2) is 6.29 Å². The molecule has 2 saturated carbocycles. The first-order valence-electron chi connectivity index (χ1n) is 9.61. The monoisotopic (exact) mass is 330 g/mol. The van der Waals surface area contributed by atoms with Gasteiger partial charge in [-0.2, -0.15) is 0 Å². The van der Waals surface area contributed by atoms with E-state index in [2.05, 4.69) is 53.5 Å². The first-order chi connectivity index (χ1) is 11.3. The first kappa shape index (κ1) is 20.9. The summed E-state index contributed by atoms with van der Waals surface area (Å²) in [5.41, 5.74) is 3.00. The first-order valence-corrected chi connectivity index (χ1v) is 9.61. The van der Waals surface area contributed by atoms with Gasteiger partial charge < -0.3 is 0 Å². The minimum Gasteiger partial charge on any atom is -0.299 e. The van der Waals surface area contributed by atoms with Gasteiger partial charge in [-0.1, -0.05) is 58.8 Å². The van der Waals surface area contributed by atoms with Gasteiger partial charge in [0.25, 0.3) is 0 Å². The van der Waals surface area contributed by atoms with E-state index < -0.39 is 0 Å². The lowest BCUT2D eigenvalue weighted by Crippen LogP contribution is -2.45. The van der Waals surface area contributed by atoms with Crippen LogP contribution >= 0.6 is 0 Å². The molecular weight excluding hydrogens is 292 g/mol. The van der Waals surface area contributed by atoms with Crippen molar-refractivity contribution in [3.05, 3.63) is 37.5 Å². The molecule has 0 saturated heterocycles. The fraction of sp³-hybridized carbons (Fsp3) is 0.696. The Morgan fingerprint density at radius 1 is 1.17 bits per heavy atom. The van der Waals surface area contributed by atoms with Crippen LogP contribution in [0, 0.1) is 28.6 Å². The van der Waals surface area contributed by atoms with Gasteiger partial charge in [0.1, 0.15) is 6.29 Å². The zero-order chi connectivity index (χ0) is 18.4. The number of fused-ring (bicyclic) bond motifs is 3. The number of aldehydes is 1. The molecule has 1 nitrogen and oxygen atoms in total. The molecule has 3 rings (SSSR count). The second kappa shape index (κ2) is 8.83. The normalized spacial score (nSPS) is 36.2. The zero-order valence-corrected chi connectivity index (χ0v) is 16.4. The number of rotatable bonds is 1. The van der Waals surface area contributed by atoms with Gasteiger partial charge in [-0.05, 0) is 66.8 Å². The largest absolute Gasteiger partial charge is 0.299 e. The van der Waals surface area contributed by atoms with Crippen molar-refractivity contribution in [2.75, 3.05) is 0 Å². The summed E-state index contributed by atoms with van der Waals surface area (Å²) in [5.74, 6) is 2.86. The maximum absolute atomic E-state index is 9.06. The quantitative estimate of drug-likeness (QED) is 0.295. The molecule has 3 unspecified atom stereocenters. The summed E-state index contributed by atoms with van der Waals surface area (Å²) in [5, 5.41) is 0. The van der Waals surface area contributed by atoms with Gasteiger partial charge in [0, 0.05) is 0 Å². The molecular formula is C23H38O. The maximum atomic E-state index is 9.06. The van der Waals surface area contributed by atoms with E-state index in [4.69, 9.17) is 4.79 Å². The van der Waals surface area contributed by atoms with Crippen LogP contribution < -0.4 is 0 Å². The highest BCUT2D eigenvalue weighted by molar-refractivity contribution is 5.63. The molecule has 3 aliphatic carbocycles. The van der Waals surface area contributed by atoms with Crippen LogP contribution in [0.3, 0.4) is 0 Å². The summed E-state index contributed by atoms with van der Waals surface area (Å²) in [7, 11) is 0. The van der Waals surface area contributed by atoms with E-state index in [1.54, 1.807) is 0 Å². The molecule has 0 aromatic heterocycles. The molecule has 0 bridgehead atoms. The molecule has 0 spiro atoms. The molecule has 1 heteroatoms. The summed E-state index contributed by atoms with van der Waals surface area (Å²) in [6.07, 6.45) is 14.6. The number of hydrogen-bond donors (Lipinski definition) is 0. The third-order valence-electron chi connectivity index (χ3n) is 6.56. The average Bonchev–Trinajstić information content (AvgIpc) is 2.55. The van der Waals surface area contributed by atoms with Crippen molar-refractivity contribution in [3.8, 4) is 0 Å². The molecule has 24 heavy (non-hydrogen) atoms. The third kappa shape index (κ3) is 4.49. The molecule has 0 radical (unpaired) electrons. The summed E-state index contributed by atoms with van der Waals surface area (Å²) in [4.78, 5) is 9.06. The highest BCUT2D eigenvalue weighted by Crippen LogP contribution is 2.60. The summed E-state index contributed by atoms with van der Waals surface area (Å²) >= 11 is 0. The van der Waals surface area contributed by atoms with E-state index in [9.17, 15) is 0 Å². The third-order valence-corrected chi connectivity index (χ3v) is 6.56. The van der Waals surface area contributed by atoms with Crippen LogP contribution in [0.5, 0.6) is 0 Å². The second-order valence-electron chi connectivity index (χ2n) is 8.77. The molecule has 3 aliphatic rings. The van der Waals surface area contributed by atoms with E-state index in [-0.39, 0.29) is 0 Å². The zero-order valence-electron chi connectivity index (χ0n) is 16.4. The minimum atomic E-state index is 0.553. The van der Waals surface area contributed by atoms with Crippen LogP contribution in [-0.2, 0) is 4.79 Å². The number of carbonyl (C=O) groups excluding carboxylic acids is 1. The smallest absolute Gasteiger partial charge is 0.142 e. The summed E-state index contributed by atoms with van der Waals surface area (Å²) < 4.78 is 0. The van der Waals surface area contributed by atoms with Gasteiger partial charge in [-0.15, -0.1) is 13.2 Å². The van der Waals surface area contributed by atoms with Gasteiger partial charge in [0.2, 0.25) is 0 Å². The Morgan fingerprint density at radius 2 is 1.79 bits per heavy atom. The molecule has 136 valence electrons. The van der Waals surface area contributed by atoms with Gasteiger partial charge in [0.05, 0.1) is 0 Å². The van der Waals surface area contributed by atoms with Crippen molar-refractivity contribution in [2.24, 2.45) is 28.6 Å². The maximum Gasteiger partial charge on any atom is 0.142 e. The van der Waals surface area contributed by atoms with Gasteiger partial charge in [-0.3, -0.25) is 4.79 Å². The second-order valence-corrected chi connectivity index (χ2v) is 8.77. The van der Waals surface area contributed by atoms with Crippen molar-refractivity contribution in [3.63, 3.8) is 0 Å². The van der Waals surface area contributed by atoms with Gasteiger partial charge in [-0.25, -0.2) is 0 Å². The highest BCUT2D eigenvalue weighted by Gasteiger charge is 2.49. The summed E-state index contributed by atoms with van der Waals surface area (Å²) in [6, 6.07) is 0. The number of allylic oxidation sites excluding steroid dienone is 3. The Morgan fingerprint density at radius 3 is 2.38 bits per heavy atom. The Hall–Kier alpha value is -1.11. The lowest BCUT2D eigenvalue weighted by molar-refractivity contribution is -0.104. The van der Waals surface area contributed by atoms with E-state index >= 15 is 0 Å². The predicted octanol–water partition coefficient (Wildman–Crippen LogP) is 6.76. The number of carbonyl (C=O) groups is 1. The minimum absolute atomic E-state index is 0.553. The molecule has 0 N–H and O–H groups in total. The molecule has 0 aromatic rings. The van der Waals surface area contributed by atoms with Crippen LogP contribution in [0.2, 0.25) is 0 Å². The van der Waals surface area contributed by atoms with E-state index in [0.717, 1.165) is 17.8 Å². The predicted molar refractivity (Wildman–Crippen MR) is 106 cm³/mol. The van der Waals surface area contributed by atoms with Crippen molar-refractivity contribution in [1.82, 2.24) is 0 Å². The highest BCUT2D eigenvalue weighted by atomic mass is 16.1. The molecule has 0 aromatic carbocycles. The van der Waals surface area contributed by atoms with Crippen molar-refractivity contribution >= 4 is 6.29 Å². The van der Waals surface area contributed by atoms with E-state index in [0.29, 0.717) is 17.1 Å². The van der Waals surface area contributed by atoms with Gasteiger partial charge >= 0.3 is 0 Å². The Bertz CT molecular complexity index is 453. The molecule has 0 aliphatic heterocycles. The Labute approximate surface area is 150 Å². The molecule has 4 atom stereocenters. The van der Waals surface area contributed by atoms with Crippen LogP contribution in [0.4, 0.5) is 0 Å². The van der Waals surface area contributed by atoms with Crippen LogP contribution in [0.1, 0.15) is 72.6 Å². The van der Waals surface area contributed by atoms with Crippen molar-refractivity contribution in [1.29, 1.82) is 0 Å². The van der Waals surface area contributed by atoms with Gasteiger partial charge in [0.15, 0.2) is 0 Å². The lowest BCUT2D eigenvalue weighted by Gasteiger charge is -2.55. The van der Waals surface area contributed by atoms with Crippen molar-refractivity contribution < 1.29 is 4.79 Å². The SMILES string of the molecule is C=C.C=CC=O.CC1CCC[C@@]2(C)C3=CCC(C)(C)CC3CCC12. The molecule has 0 amide bonds. The molecule has 0 heterocycles. The van der Waals surface area contributed by atoms with Crippen LogP contribution in [0.25, 0.3) is 0 Å². The standard InChI is InChI=1S/C18H30.C3H4O.C2H4/c1-13-6-5-10-18(4)15(13)8-7-14-12-17(2,3)11-9-16(14)18;1-2-3-4;1-2/h9,13-15H,5-8,10-12H2,1-4H3;2-3H,1H2;1-2H2/t13?,14?,15?,18-;;/m1../s1. The fourth-order valence-electron chi connectivity index (χ4n) is 5.52. The van der Waals surface area contributed by atoms with Crippen LogP contribution in [0.15, 0.2) is 37.5 Å². The fourth-order valence-corrected chi connectivity index (χ4v) is 5.52. The number of hydrogen-bond acceptors (Lipinski definition) is 1. The lowest BCUT2D eigenvalue weighted by atomic mass is 9.50.